The Morgan fingerprint density at radius 3 is 2.52 bits per heavy atom. The number of hydrogen-bond acceptors (Lipinski definition) is 7. The third kappa shape index (κ3) is 5.15. The fraction of sp³-hybridized carbons (Fsp3) is 0.208. The van der Waals surface area contributed by atoms with Crippen LogP contribution in [0.2, 0.25) is 0 Å². The highest BCUT2D eigenvalue weighted by Gasteiger charge is 2.16. The molecule has 0 saturated carbocycles. The monoisotopic (exact) mass is 464 g/mol. The summed E-state index contributed by atoms with van der Waals surface area (Å²) in [7, 11) is 3.19. The maximum Gasteiger partial charge on any atom is 0.263 e. The highest BCUT2D eigenvalue weighted by atomic mass is 32.1. The lowest BCUT2D eigenvalue weighted by Gasteiger charge is -2.09. The van der Waals surface area contributed by atoms with Gasteiger partial charge in [0.2, 0.25) is 5.13 Å². The smallest absolute Gasteiger partial charge is 0.263 e. The molecule has 0 aliphatic heterocycles. The number of benzene rings is 2. The number of anilines is 1. The Hall–Kier alpha value is -3.85. The fourth-order valence-electron chi connectivity index (χ4n) is 3.19. The van der Waals surface area contributed by atoms with E-state index in [0.29, 0.717) is 28.2 Å². The van der Waals surface area contributed by atoms with Gasteiger partial charge in [0.05, 0.1) is 25.6 Å². The van der Waals surface area contributed by atoms with Crippen LogP contribution in [0.5, 0.6) is 17.2 Å². The number of ether oxygens (including phenoxy) is 3. The normalized spacial score (nSPS) is 10.7. The van der Waals surface area contributed by atoms with Gasteiger partial charge >= 0.3 is 0 Å². The minimum Gasteiger partial charge on any atom is -0.493 e. The average Bonchev–Trinajstić information content (AvgIpc) is 3.44. The number of nitrogens with one attached hydrogen (secondary N) is 1. The van der Waals surface area contributed by atoms with Gasteiger partial charge in [-0.25, -0.2) is 4.98 Å². The van der Waals surface area contributed by atoms with Crippen molar-refractivity contribution in [2.75, 3.05) is 26.1 Å². The number of methoxy groups -OCH3 is 2. The van der Waals surface area contributed by atoms with Gasteiger partial charge in [0.25, 0.3) is 5.91 Å². The predicted octanol–water partition coefficient (Wildman–Crippen LogP) is 4.65. The molecule has 0 fully saturated rings. The molecule has 0 aliphatic rings. The predicted molar refractivity (Wildman–Crippen MR) is 128 cm³/mol. The van der Waals surface area contributed by atoms with E-state index in [0.717, 1.165) is 22.5 Å². The molecule has 2 aromatic heterocycles. The van der Waals surface area contributed by atoms with Crippen molar-refractivity contribution in [2.45, 2.75) is 13.8 Å². The first-order valence-corrected chi connectivity index (χ1v) is 11.1. The Morgan fingerprint density at radius 2 is 1.79 bits per heavy atom. The largest absolute Gasteiger partial charge is 0.493 e. The molecular formula is C24H24N4O4S. The van der Waals surface area contributed by atoms with E-state index in [1.54, 1.807) is 25.0 Å². The Balaban J connectivity index is 1.50. The Morgan fingerprint density at radius 1 is 1.03 bits per heavy atom. The second-order valence-electron chi connectivity index (χ2n) is 7.32. The molecule has 0 bridgehead atoms. The zero-order valence-electron chi connectivity index (χ0n) is 18.8. The zero-order chi connectivity index (χ0) is 23.4. The van der Waals surface area contributed by atoms with Gasteiger partial charge in [-0.15, -0.1) is 11.3 Å². The SMILES string of the molecule is COc1ccc(-c2csc(-n3nc(C)cc3NC(=O)COc3ccc(C)cc3)n2)cc1OC. The maximum atomic E-state index is 12.5. The van der Waals surface area contributed by atoms with Crippen LogP contribution in [0.4, 0.5) is 5.82 Å². The molecule has 2 heterocycles. The lowest BCUT2D eigenvalue weighted by Crippen LogP contribution is -2.21. The van der Waals surface area contributed by atoms with Crippen LogP contribution in [0.15, 0.2) is 53.9 Å². The van der Waals surface area contributed by atoms with Crippen LogP contribution in [0, 0.1) is 13.8 Å². The number of aromatic nitrogens is 3. The van der Waals surface area contributed by atoms with Crippen LogP contribution in [-0.4, -0.2) is 41.5 Å². The number of amides is 1. The molecule has 0 unspecified atom stereocenters. The van der Waals surface area contributed by atoms with E-state index in [2.05, 4.69) is 10.4 Å². The lowest BCUT2D eigenvalue weighted by molar-refractivity contribution is -0.118. The van der Waals surface area contributed by atoms with E-state index in [9.17, 15) is 4.79 Å². The molecule has 0 atom stereocenters. The summed E-state index contributed by atoms with van der Waals surface area (Å²) in [6.07, 6.45) is 0. The number of thiazole rings is 1. The molecule has 170 valence electrons. The molecule has 8 nitrogen and oxygen atoms in total. The summed E-state index contributed by atoms with van der Waals surface area (Å²) >= 11 is 1.42. The first-order chi connectivity index (χ1) is 16.0. The van der Waals surface area contributed by atoms with Gasteiger partial charge in [-0.05, 0) is 44.2 Å². The molecule has 1 N–H and O–H groups in total. The summed E-state index contributed by atoms with van der Waals surface area (Å²) in [6.45, 7) is 3.75. The Bertz CT molecular complexity index is 1260. The summed E-state index contributed by atoms with van der Waals surface area (Å²) in [5, 5.41) is 9.91. The van der Waals surface area contributed by atoms with Crippen LogP contribution >= 0.6 is 11.3 Å². The van der Waals surface area contributed by atoms with Crippen molar-refractivity contribution in [1.29, 1.82) is 0 Å². The Labute approximate surface area is 195 Å². The van der Waals surface area contributed by atoms with Crippen molar-refractivity contribution in [2.24, 2.45) is 0 Å². The average molecular weight is 465 g/mol. The number of carbonyl (C=O) groups excluding carboxylic acids is 1. The number of aryl methyl sites for hydroxylation is 2. The zero-order valence-corrected chi connectivity index (χ0v) is 19.6. The summed E-state index contributed by atoms with van der Waals surface area (Å²) in [5.41, 5.74) is 3.54. The highest BCUT2D eigenvalue weighted by Crippen LogP contribution is 2.33. The summed E-state index contributed by atoms with van der Waals surface area (Å²) in [4.78, 5) is 17.2. The van der Waals surface area contributed by atoms with E-state index in [4.69, 9.17) is 19.2 Å². The second kappa shape index (κ2) is 9.74. The minimum atomic E-state index is -0.284. The van der Waals surface area contributed by atoms with Crippen LogP contribution in [0.1, 0.15) is 11.3 Å². The third-order valence-corrected chi connectivity index (χ3v) is 5.66. The lowest BCUT2D eigenvalue weighted by atomic mass is 10.1. The van der Waals surface area contributed by atoms with Crippen LogP contribution < -0.4 is 19.5 Å². The van der Waals surface area contributed by atoms with E-state index in [1.165, 1.54) is 11.3 Å². The van der Waals surface area contributed by atoms with Crippen molar-refractivity contribution >= 4 is 23.1 Å². The standard InChI is InChI=1S/C24H24N4O4S/c1-15-5-8-18(9-6-15)32-13-23(29)26-22-11-16(2)27-28(22)24-25-19(14-33-24)17-7-10-20(30-3)21(12-17)31-4/h5-12,14H,13H2,1-4H3,(H,26,29). The number of hydrogen-bond donors (Lipinski definition) is 1. The van der Waals surface area contributed by atoms with Gasteiger partial charge in [-0.1, -0.05) is 17.7 Å². The van der Waals surface area contributed by atoms with Crippen LogP contribution in [0.25, 0.3) is 16.4 Å². The number of nitrogens with zero attached hydrogens (tertiary/aromatic N) is 3. The summed E-state index contributed by atoms with van der Waals surface area (Å²) in [6, 6.07) is 15.0. The van der Waals surface area contributed by atoms with Crippen molar-refractivity contribution in [3.63, 3.8) is 0 Å². The molecule has 1 amide bonds. The van der Waals surface area contributed by atoms with Gasteiger partial charge < -0.3 is 19.5 Å². The molecule has 33 heavy (non-hydrogen) atoms. The molecule has 0 saturated heterocycles. The van der Waals surface area contributed by atoms with Crippen LogP contribution in [-0.2, 0) is 4.79 Å². The summed E-state index contributed by atoms with van der Waals surface area (Å²) < 4.78 is 17.9. The van der Waals surface area contributed by atoms with Gasteiger partial charge in [0, 0.05) is 17.0 Å². The summed E-state index contributed by atoms with van der Waals surface area (Å²) in [5.74, 6) is 2.16. The van der Waals surface area contributed by atoms with Crippen molar-refractivity contribution < 1.29 is 19.0 Å². The van der Waals surface area contributed by atoms with Gasteiger partial charge in [0.1, 0.15) is 11.6 Å². The molecule has 4 rings (SSSR count). The van der Waals surface area contributed by atoms with Crippen molar-refractivity contribution in [3.8, 4) is 33.6 Å². The maximum absolute atomic E-state index is 12.5. The molecule has 0 aliphatic carbocycles. The molecular weight excluding hydrogens is 440 g/mol. The van der Waals surface area contributed by atoms with E-state index >= 15 is 0 Å². The molecule has 0 spiro atoms. The molecule has 4 aromatic rings. The van der Waals surface area contributed by atoms with Gasteiger partial charge in [-0.3, -0.25) is 4.79 Å². The number of rotatable bonds is 8. The van der Waals surface area contributed by atoms with Gasteiger partial charge in [0.15, 0.2) is 18.1 Å². The molecule has 2 aromatic carbocycles. The topological polar surface area (TPSA) is 87.5 Å². The van der Waals surface area contributed by atoms with Crippen molar-refractivity contribution in [1.82, 2.24) is 14.8 Å². The quantitative estimate of drug-likeness (QED) is 0.409. The second-order valence-corrected chi connectivity index (χ2v) is 8.15. The Kier molecular flexibility index (Phi) is 6.60. The van der Waals surface area contributed by atoms with Gasteiger partial charge in [-0.2, -0.15) is 9.78 Å². The van der Waals surface area contributed by atoms with E-state index in [1.807, 2.05) is 61.7 Å². The van der Waals surface area contributed by atoms with Crippen LogP contribution in [0.3, 0.4) is 0 Å². The fourth-order valence-corrected chi connectivity index (χ4v) is 3.98. The van der Waals surface area contributed by atoms with E-state index < -0.39 is 0 Å². The first kappa shape index (κ1) is 22.3. The molecule has 0 radical (unpaired) electrons. The minimum absolute atomic E-state index is 0.109. The van der Waals surface area contributed by atoms with Crippen molar-refractivity contribution in [3.05, 3.63) is 65.2 Å². The third-order valence-electron chi connectivity index (χ3n) is 4.84. The first-order valence-electron chi connectivity index (χ1n) is 10.2. The highest BCUT2D eigenvalue weighted by molar-refractivity contribution is 7.12. The van der Waals surface area contributed by atoms with E-state index in [-0.39, 0.29) is 12.5 Å². The number of carbonyl (C=O) groups is 1. The molecule has 9 heteroatoms.